The molecule has 1 saturated heterocycles. The van der Waals surface area contributed by atoms with Crippen molar-refractivity contribution in [3.8, 4) is 0 Å². The molecule has 1 aliphatic rings. The van der Waals surface area contributed by atoms with E-state index in [9.17, 15) is 9.59 Å². The fourth-order valence-electron chi connectivity index (χ4n) is 3.23. The van der Waals surface area contributed by atoms with Gasteiger partial charge in [-0.1, -0.05) is 34.1 Å². The average Bonchev–Trinajstić information content (AvgIpc) is 2.74. The van der Waals surface area contributed by atoms with E-state index >= 15 is 0 Å². The molecule has 2 amide bonds. The van der Waals surface area contributed by atoms with Crippen molar-refractivity contribution in [3.05, 3.63) is 58.2 Å². The standard InChI is InChI=1S/C21H25BrN4O3/c1-3-29-20(27)16-8-9-19(23-14-16)25-10-12-26(13-11-25)21(28)24-15(2)17-6-4-5-7-18(17)22/h4-9,14-15H,3,10-13H2,1-2H3,(H,24,28). The van der Waals surface area contributed by atoms with Crippen LogP contribution in [0.25, 0.3) is 0 Å². The Morgan fingerprint density at radius 1 is 1.17 bits per heavy atom. The molecule has 7 nitrogen and oxygen atoms in total. The first kappa shape index (κ1) is 21.1. The second-order valence-corrected chi connectivity index (χ2v) is 7.65. The number of urea groups is 1. The number of ether oxygens (including phenoxy) is 1. The van der Waals surface area contributed by atoms with Crippen molar-refractivity contribution in [2.75, 3.05) is 37.7 Å². The van der Waals surface area contributed by atoms with Gasteiger partial charge in [-0.2, -0.15) is 0 Å². The number of carbonyl (C=O) groups is 2. The van der Waals surface area contributed by atoms with Crippen LogP contribution in [0.5, 0.6) is 0 Å². The summed E-state index contributed by atoms with van der Waals surface area (Å²) in [5.74, 6) is 0.423. The molecule has 1 aromatic heterocycles. The molecule has 2 aromatic rings. The quantitative estimate of drug-likeness (QED) is 0.689. The van der Waals surface area contributed by atoms with Crippen LogP contribution in [0.15, 0.2) is 47.1 Å². The van der Waals surface area contributed by atoms with Crippen LogP contribution in [0.1, 0.15) is 35.8 Å². The summed E-state index contributed by atoms with van der Waals surface area (Å²) < 4.78 is 5.96. The van der Waals surface area contributed by atoms with Gasteiger partial charge in [0.1, 0.15) is 5.82 Å². The van der Waals surface area contributed by atoms with Crippen molar-refractivity contribution in [1.29, 1.82) is 0 Å². The number of hydrogen-bond donors (Lipinski definition) is 1. The monoisotopic (exact) mass is 460 g/mol. The summed E-state index contributed by atoms with van der Waals surface area (Å²) in [5.41, 5.74) is 1.49. The van der Waals surface area contributed by atoms with Gasteiger partial charge in [-0.3, -0.25) is 0 Å². The minimum Gasteiger partial charge on any atom is -0.462 e. The lowest BCUT2D eigenvalue weighted by Crippen LogP contribution is -2.52. The summed E-state index contributed by atoms with van der Waals surface area (Å²) in [5, 5.41) is 3.06. The van der Waals surface area contributed by atoms with Gasteiger partial charge in [0.25, 0.3) is 0 Å². The Labute approximate surface area is 179 Å². The first-order valence-electron chi connectivity index (χ1n) is 9.67. The Morgan fingerprint density at radius 2 is 1.90 bits per heavy atom. The van der Waals surface area contributed by atoms with Crippen LogP contribution in [0, 0.1) is 0 Å². The number of benzene rings is 1. The summed E-state index contributed by atoms with van der Waals surface area (Å²) in [6, 6.07) is 11.3. The molecule has 1 aromatic carbocycles. The topological polar surface area (TPSA) is 74.8 Å². The van der Waals surface area contributed by atoms with Gasteiger partial charge in [0, 0.05) is 36.8 Å². The maximum absolute atomic E-state index is 12.6. The Kier molecular flexibility index (Phi) is 7.09. The van der Waals surface area contributed by atoms with Crippen molar-refractivity contribution in [1.82, 2.24) is 15.2 Å². The fraction of sp³-hybridized carbons (Fsp3) is 0.381. The summed E-state index contributed by atoms with van der Waals surface area (Å²) in [7, 11) is 0. The number of aromatic nitrogens is 1. The minimum absolute atomic E-state index is 0.0708. The van der Waals surface area contributed by atoms with Gasteiger partial charge in [0.05, 0.1) is 18.2 Å². The molecule has 0 saturated carbocycles. The fourth-order valence-corrected chi connectivity index (χ4v) is 3.86. The van der Waals surface area contributed by atoms with E-state index in [1.54, 1.807) is 13.0 Å². The molecule has 0 aliphatic carbocycles. The van der Waals surface area contributed by atoms with Gasteiger partial charge < -0.3 is 19.9 Å². The second-order valence-electron chi connectivity index (χ2n) is 6.79. The van der Waals surface area contributed by atoms with Gasteiger partial charge in [-0.15, -0.1) is 0 Å². The average molecular weight is 461 g/mol. The van der Waals surface area contributed by atoms with Crippen LogP contribution < -0.4 is 10.2 Å². The first-order chi connectivity index (χ1) is 14.0. The molecule has 1 fully saturated rings. The van der Waals surface area contributed by atoms with Gasteiger partial charge in [-0.25, -0.2) is 14.6 Å². The largest absolute Gasteiger partial charge is 0.462 e. The lowest BCUT2D eigenvalue weighted by molar-refractivity contribution is 0.0526. The predicted molar refractivity (Wildman–Crippen MR) is 115 cm³/mol. The van der Waals surface area contributed by atoms with Gasteiger partial charge in [-0.05, 0) is 37.6 Å². The van der Waals surface area contributed by atoms with Crippen molar-refractivity contribution < 1.29 is 14.3 Å². The minimum atomic E-state index is -0.368. The Hall–Kier alpha value is -2.61. The van der Waals surface area contributed by atoms with Gasteiger partial charge >= 0.3 is 12.0 Å². The van der Waals surface area contributed by atoms with Crippen LogP contribution in [-0.4, -0.2) is 54.7 Å². The molecular formula is C21H25BrN4O3. The van der Waals surface area contributed by atoms with E-state index in [-0.39, 0.29) is 18.0 Å². The van der Waals surface area contributed by atoms with E-state index in [0.29, 0.717) is 38.3 Å². The smallest absolute Gasteiger partial charge is 0.339 e. The SMILES string of the molecule is CCOC(=O)c1ccc(N2CCN(C(=O)NC(C)c3ccccc3Br)CC2)nc1. The van der Waals surface area contributed by atoms with Crippen LogP contribution in [-0.2, 0) is 4.74 Å². The summed E-state index contributed by atoms with van der Waals surface area (Å²) in [6.07, 6.45) is 1.53. The zero-order valence-electron chi connectivity index (χ0n) is 16.6. The van der Waals surface area contributed by atoms with Crippen LogP contribution in [0.3, 0.4) is 0 Å². The molecule has 29 heavy (non-hydrogen) atoms. The summed E-state index contributed by atoms with van der Waals surface area (Å²) >= 11 is 3.53. The number of halogens is 1. The van der Waals surface area contributed by atoms with Crippen molar-refractivity contribution >= 4 is 33.7 Å². The third kappa shape index (κ3) is 5.26. The molecular weight excluding hydrogens is 436 g/mol. The molecule has 1 unspecified atom stereocenters. The van der Waals surface area contributed by atoms with Crippen molar-refractivity contribution in [3.63, 3.8) is 0 Å². The van der Waals surface area contributed by atoms with Crippen molar-refractivity contribution in [2.24, 2.45) is 0 Å². The highest BCUT2D eigenvalue weighted by Gasteiger charge is 2.23. The number of rotatable bonds is 5. The summed E-state index contributed by atoms with van der Waals surface area (Å²) in [4.78, 5) is 32.7. The summed E-state index contributed by atoms with van der Waals surface area (Å²) in [6.45, 7) is 6.67. The highest BCUT2D eigenvalue weighted by molar-refractivity contribution is 9.10. The number of pyridine rings is 1. The zero-order valence-corrected chi connectivity index (χ0v) is 18.2. The molecule has 2 heterocycles. The van der Waals surface area contributed by atoms with E-state index in [1.807, 2.05) is 42.2 Å². The van der Waals surface area contributed by atoms with E-state index in [1.165, 1.54) is 6.20 Å². The molecule has 0 spiro atoms. The lowest BCUT2D eigenvalue weighted by atomic mass is 10.1. The molecule has 0 radical (unpaired) electrons. The maximum atomic E-state index is 12.6. The number of hydrogen-bond acceptors (Lipinski definition) is 5. The number of piperazine rings is 1. The molecule has 8 heteroatoms. The number of nitrogens with one attached hydrogen (secondary N) is 1. The molecule has 1 aliphatic heterocycles. The van der Waals surface area contributed by atoms with Gasteiger partial charge in [0.15, 0.2) is 0 Å². The van der Waals surface area contributed by atoms with Crippen LogP contribution >= 0.6 is 15.9 Å². The molecule has 1 atom stereocenters. The number of esters is 1. The van der Waals surface area contributed by atoms with Crippen LogP contribution in [0.2, 0.25) is 0 Å². The molecule has 3 rings (SSSR count). The third-order valence-electron chi connectivity index (χ3n) is 4.86. The van der Waals surface area contributed by atoms with Crippen molar-refractivity contribution in [2.45, 2.75) is 19.9 Å². The number of nitrogens with zero attached hydrogens (tertiary/aromatic N) is 3. The maximum Gasteiger partial charge on any atom is 0.339 e. The Bertz CT molecular complexity index is 851. The molecule has 154 valence electrons. The van der Waals surface area contributed by atoms with E-state index in [0.717, 1.165) is 15.9 Å². The molecule has 0 bridgehead atoms. The first-order valence-corrected chi connectivity index (χ1v) is 10.5. The zero-order chi connectivity index (χ0) is 20.8. The highest BCUT2D eigenvalue weighted by atomic mass is 79.9. The number of anilines is 1. The highest BCUT2D eigenvalue weighted by Crippen LogP contribution is 2.23. The van der Waals surface area contributed by atoms with Crippen LogP contribution in [0.4, 0.5) is 10.6 Å². The van der Waals surface area contributed by atoms with E-state index in [4.69, 9.17) is 4.74 Å². The van der Waals surface area contributed by atoms with E-state index < -0.39 is 0 Å². The predicted octanol–water partition coefficient (Wildman–Crippen LogP) is 3.61. The van der Waals surface area contributed by atoms with Gasteiger partial charge in [0.2, 0.25) is 0 Å². The Balaban J connectivity index is 1.53. The number of carbonyl (C=O) groups excluding carboxylic acids is 2. The molecule has 1 N–H and O–H groups in total. The second kappa shape index (κ2) is 9.73. The third-order valence-corrected chi connectivity index (χ3v) is 5.58. The normalized spacial score (nSPS) is 15.0. The number of amides is 2. The van der Waals surface area contributed by atoms with E-state index in [2.05, 4.69) is 31.1 Å². The lowest BCUT2D eigenvalue weighted by Gasteiger charge is -2.36. The Morgan fingerprint density at radius 3 is 2.52 bits per heavy atom.